The van der Waals surface area contributed by atoms with Crippen molar-refractivity contribution in [2.75, 3.05) is 33.7 Å². The number of hydrogen-bond acceptors (Lipinski definition) is 5. The van der Waals surface area contributed by atoms with Gasteiger partial charge in [0.1, 0.15) is 0 Å². The Morgan fingerprint density at radius 1 is 1.37 bits per heavy atom. The normalized spacial score (nSPS) is 13.2. The predicted octanol–water partition coefficient (Wildman–Crippen LogP) is 1.77. The average Bonchev–Trinajstić information content (AvgIpc) is 2.62. The molecular weight excluding hydrogens is 262 g/mol. The van der Waals surface area contributed by atoms with Gasteiger partial charge in [0, 0.05) is 18.0 Å². The Bertz CT molecular complexity index is 432. The molecule has 0 amide bonds. The molecule has 1 N–H and O–H groups in total. The number of carbonyl (C=O) groups is 1. The van der Waals surface area contributed by atoms with Crippen LogP contribution < -0.4 is 0 Å². The van der Waals surface area contributed by atoms with Crippen molar-refractivity contribution in [1.82, 2.24) is 14.8 Å². The van der Waals surface area contributed by atoms with Crippen LogP contribution in [0.4, 0.5) is 0 Å². The van der Waals surface area contributed by atoms with Gasteiger partial charge in [-0.1, -0.05) is 0 Å². The van der Waals surface area contributed by atoms with Crippen molar-refractivity contribution < 1.29 is 9.90 Å². The van der Waals surface area contributed by atoms with E-state index in [9.17, 15) is 4.79 Å². The summed E-state index contributed by atoms with van der Waals surface area (Å²) < 4.78 is 0. The highest BCUT2D eigenvalue weighted by Crippen LogP contribution is 2.26. The van der Waals surface area contributed by atoms with Crippen LogP contribution in [0, 0.1) is 13.8 Å². The van der Waals surface area contributed by atoms with Crippen LogP contribution >= 0.6 is 11.3 Å². The Kier molecular flexibility index (Phi) is 5.90. The number of hydrogen-bond donors (Lipinski definition) is 1. The fraction of sp³-hybridized carbons (Fsp3) is 0.692. The molecule has 5 nitrogen and oxygen atoms in total. The average molecular weight is 285 g/mol. The SMILES string of the molecule is Cc1nc(C(C)N(CCN(C)C)CC(=O)O)c(C)s1. The quantitative estimate of drug-likeness (QED) is 0.827. The minimum atomic E-state index is -0.796. The topological polar surface area (TPSA) is 56.7 Å². The Balaban J connectivity index is 2.83. The fourth-order valence-corrected chi connectivity index (χ4v) is 2.93. The smallest absolute Gasteiger partial charge is 0.317 e. The number of aromatic nitrogens is 1. The van der Waals surface area contributed by atoms with Crippen LogP contribution in [0.15, 0.2) is 0 Å². The summed E-state index contributed by atoms with van der Waals surface area (Å²) in [6.45, 7) is 7.65. The third-order valence-corrected chi connectivity index (χ3v) is 3.96. The molecule has 1 aromatic heterocycles. The highest BCUT2D eigenvalue weighted by molar-refractivity contribution is 7.11. The maximum Gasteiger partial charge on any atom is 0.317 e. The van der Waals surface area contributed by atoms with Crippen molar-refractivity contribution in [3.8, 4) is 0 Å². The summed E-state index contributed by atoms with van der Waals surface area (Å²) in [7, 11) is 3.98. The molecule has 1 rings (SSSR count). The molecule has 0 radical (unpaired) electrons. The number of rotatable bonds is 7. The van der Waals surface area contributed by atoms with E-state index in [1.807, 2.05) is 39.8 Å². The van der Waals surface area contributed by atoms with Gasteiger partial charge in [0.15, 0.2) is 0 Å². The molecule has 1 heterocycles. The van der Waals surface area contributed by atoms with Crippen molar-refractivity contribution in [3.63, 3.8) is 0 Å². The van der Waals surface area contributed by atoms with E-state index in [0.29, 0.717) is 0 Å². The van der Waals surface area contributed by atoms with E-state index in [4.69, 9.17) is 5.11 Å². The molecule has 0 saturated carbocycles. The number of carboxylic acid groups (broad SMARTS) is 1. The summed E-state index contributed by atoms with van der Waals surface area (Å²) >= 11 is 1.66. The van der Waals surface area contributed by atoms with E-state index in [1.54, 1.807) is 11.3 Å². The van der Waals surface area contributed by atoms with Crippen molar-refractivity contribution >= 4 is 17.3 Å². The Hall–Kier alpha value is -0.980. The molecule has 108 valence electrons. The van der Waals surface area contributed by atoms with Gasteiger partial charge in [0.2, 0.25) is 0 Å². The molecule has 0 aromatic carbocycles. The lowest BCUT2D eigenvalue weighted by molar-refractivity contribution is -0.139. The van der Waals surface area contributed by atoms with E-state index in [-0.39, 0.29) is 12.6 Å². The third-order valence-electron chi connectivity index (χ3n) is 3.06. The second-order valence-electron chi connectivity index (χ2n) is 5.02. The lowest BCUT2D eigenvalue weighted by atomic mass is 10.2. The molecule has 0 aliphatic rings. The van der Waals surface area contributed by atoms with Crippen molar-refractivity contribution in [2.45, 2.75) is 26.8 Å². The zero-order chi connectivity index (χ0) is 14.6. The van der Waals surface area contributed by atoms with E-state index in [1.165, 1.54) is 4.88 Å². The Labute approximate surface area is 118 Å². The zero-order valence-corrected chi connectivity index (χ0v) is 13.1. The molecule has 0 aliphatic carbocycles. The van der Waals surface area contributed by atoms with Gasteiger partial charge in [0.25, 0.3) is 0 Å². The standard InChI is InChI=1S/C13H23N3O2S/c1-9(13-10(2)19-11(3)14-13)16(8-12(17)18)7-6-15(4)5/h9H,6-8H2,1-5H3,(H,17,18). The lowest BCUT2D eigenvalue weighted by Crippen LogP contribution is -2.37. The summed E-state index contributed by atoms with van der Waals surface area (Å²) in [6.07, 6.45) is 0. The van der Waals surface area contributed by atoms with Crippen LogP contribution in [-0.4, -0.2) is 59.6 Å². The first-order valence-corrected chi connectivity index (χ1v) is 7.17. The maximum absolute atomic E-state index is 11.0. The third kappa shape index (κ3) is 4.89. The molecule has 0 bridgehead atoms. The monoisotopic (exact) mass is 285 g/mol. The van der Waals surface area contributed by atoms with Gasteiger partial charge in [0.05, 0.1) is 23.3 Å². The number of carboxylic acids is 1. The molecule has 1 unspecified atom stereocenters. The summed E-state index contributed by atoms with van der Waals surface area (Å²) in [6, 6.07) is 0.0287. The molecule has 0 spiro atoms. The van der Waals surface area contributed by atoms with Gasteiger partial charge < -0.3 is 10.0 Å². The summed E-state index contributed by atoms with van der Waals surface area (Å²) in [5, 5.41) is 10.1. The van der Waals surface area contributed by atoms with Crippen LogP contribution in [0.1, 0.15) is 28.5 Å². The van der Waals surface area contributed by atoms with E-state index in [0.717, 1.165) is 23.8 Å². The Morgan fingerprint density at radius 2 is 2.00 bits per heavy atom. The summed E-state index contributed by atoms with van der Waals surface area (Å²) in [5.41, 5.74) is 1.00. The molecule has 1 aromatic rings. The van der Waals surface area contributed by atoms with Gasteiger partial charge in [-0.3, -0.25) is 9.69 Å². The van der Waals surface area contributed by atoms with Crippen molar-refractivity contribution in [2.24, 2.45) is 0 Å². The van der Waals surface area contributed by atoms with Gasteiger partial charge in [-0.15, -0.1) is 11.3 Å². The summed E-state index contributed by atoms with van der Waals surface area (Å²) in [5.74, 6) is -0.796. The minimum absolute atomic E-state index is 0.0287. The van der Waals surface area contributed by atoms with E-state index >= 15 is 0 Å². The molecule has 1 atom stereocenters. The van der Waals surface area contributed by atoms with Gasteiger partial charge in [-0.25, -0.2) is 4.98 Å². The zero-order valence-electron chi connectivity index (χ0n) is 12.3. The van der Waals surface area contributed by atoms with Gasteiger partial charge >= 0.3 is 5.97 Å². The van der Waals surface area contributed by atoms with Crippen LogP contribution in [-0.2, 0) is 4.79 Å². The molecular formula is C13H23N3O2S. The minimum Gasteiger partial charge on any atom is -0.480 e. The highest BCUT2D eigenvalue weighted by Gasteiger charge is 2.22. The Morgan fingerprint density at radius 3 is 2.42 bits per heavy atom. The van der Waals surface area contributed by atoms with Gasteiger partial charge in [-0.05, 0) is 34.9 Å². The lowest BCUT2D eigenvalue weighted by Gasteiger charge is -2.28. The van der Waals surface area contributed by atoms with E-state index in [2.05, 4.69) is 9.88 Å². The first-order valence-electron chi connectivity index (χ1n) is 6.35. The number of aryl methyl sites for hydroxylation is 2. The van der Waals surface area contributed by atoms with Crippen LogP contribution in [0.25, 0.3) is 0 Å². The van der Waals surface area contributed by atoms with Crippen molar-refractivity contribution in [1.29, 1.82) is 0 Å². The predicted molar refractivity (Wildman–Crippen MR) is 77.8 cm³/mol. The molecule has 0 aliphatic heterocycles. The molecule has 19 heavy (non-hydrogen) atoms. The van der Waals surface area contributed by atoms with Crippen LogP contribution in [0.5, 0.6) is 0 Å². The number of nitrogens with zero attached hydrogens (tertiary/aromatic N) is 3. The number of thiazole rings is 1. The number of likely N-dealkylation sites (N-methyl/N-ethyl adjacent to an activating group) is 1. The molecule has 0 fully saturated rings. The van der Waals surface area contributed by atoms with E-state index < -0.39 is 5.97 Å². The molecule has 0 saturated heterocycles. The first kappa shape index (κ1) is 16.1. The maximum atomic E-state index is 11.0. The largest absolute Gasteiger partial charge is 0.480 e. The molecule has 6 heteroatoms. The van der Waals surface area contributed by atoms with Crippen LogP contribution in [0.2, 0.25) is 0 Å². The highest BCUT2D eigenvalue weighted by atomic mass is 32.1. The van der Waals surface area contributed by atoms with Crippen molar-refractivity contribution in [3.05, 3.63) is 15.6 Å². The first-order chi connectivity index (χ1) is 8.81. The summed E-state index contributed by atoms with van der Waals surface area (Å²) in [4.78, 5) is 20.7. The van der Waals surface area contributed by atoms with Crippen LogP contribution in [0.3, 0.4) is 0 Å². The second kappa shape index (κ2) is 6.98. The van der Waals surface area contributed by atoms with Gasteiger partial charge in [-0.2, -0.15) is 0 Å². The second-order valence-corrected chi connectivity index (χ2v) is 6.43. The number of aliphatic carboxylic acids is 1. The fourth-order valence-electron chi connectivity index (χ4n) is 2.02.